The summed E-state index contributed by atoms with van der Waals surface area (Å²) in [6.07, 6.45) is -4.78. The van der Waals surface area contributed by atoms with Crippen molar-refractivity contribution >= 4 is 12.0 Å². The normalized spacial score (nSPS) is 11.0. The van der Waals surface area contributed by atoms with Gasteiger partial charge in [-0.2, -0.15) is 13.2 Å². The average Bonchev–Trinajstić information content (AvgIpc) is 2.11. The van der Waals surface area contributed by atoms with Crippen molar-refractivity contribution < 1.29 is 27.9 Å². The van der Waals surface area contributed by atoms with E-state index in [0.717, 1.165) is 0 Å². The van der Waals surface area contributed by atoms with Gasteiger partial charge in [-0.3, -0.25) is 4.79 Å². The molecule has 0 radical (unpaired) electrons. The summed E-state index contributed by atoms with van der Waals surface area (Å²) in [6, 6.07) is -0.916. The maximum atomic E-state index is 12.0. The second-order valence-corrected chi connectivity index (χ2v) is 3.01. The Hall–Kier alpha value is -1.47. The van der Waals surface area contributed by atoms with Crippen LogP contribution in [0.15, 0.2) is 0 Å². The zero-order valence-corrected chi connectivity index (χ0v) is 8.67. The van der Waals surface area contributed by atoms with Crippen LogP contribution in [0.1, 0.15) is 13.3 Å². The highest BCUT2D eigenvalue weighted by Gasteiger charge is 2.32. The molecule has 0 atom stereocenters. The third-order valence-corrected chi connectivity index (χ3v) is 1.65. The van der Waals surface area contributed by atoms with E-state index in [0.29, 0.717) is 4.90 Å². The molecule has 0 rings (SSSR count). The van der Waals surface area contributed by atoms with Crippen molar-refractivity contribution in [2.24, 2.45) is 0 Å². The Balaban J connectivity index is 4.06. The summed E-state index contributed by atoms with van der Waals surface area (Å²) in [4.78, 5) is 21.8. The predicted octanol–water partition coefficient (Wildman–Crippen LogP) is 1.05. The molecule has 0 aliphatic rings. The molecule has 0 aromatic carbocycles. The largest absolute Gasteiger partial charge is 0.481 e. The van der Waals surface area contributed by atoms with Crippen molar-refractivity contribution in [3.05, 3.63) is 0 Å². The van der Waals surface area contributed by atoms with Crippen molar-refractivity contribution in [2.75, 3.05) is 19.6 Å². The second-order valence-electron chi connectivity index (χ2n) is 3.01. The Morgan fingerprint density at radius 2 is 1.94 bits per heavy atom. The second kappa shape index (κ2) is 6.19. The smallest absolute Gasteiger partial charge is 0.406 e. The molecular formula is C8H13F3N2O3. The van der Waals surface area contributed by atoms with Gasteiger partial charge in [-0.1, -0.05) is 0 Å². The molecule has 5 nitrogen and oxygen atoms in total. The fourth-order valence-corrected chi connectivity index (χ4v) is 0.932. The van der Waals surface area contributed by atoms with E-state index < -0.39 is 24.7 Å². The summed E-state index contributed by atoms with van der Waals surface area (Å²) in [5.41, 5.74) is 0. The van der Waals surface area contributed by atoms with E-state index in [4.69, 9.17) is 5.11 Å². The number of carbonyl (C=O) groups excluding carboxylic acids is 1. The fraction of sp³-hybridized carbons (Fsp3) is 0.750. The van der Waals surface area contributed by atoms with Crippen LogP contribution < -0.4 is 5.32 Å². The van der Waals surface area contributed by atoms with E-state index in [1.807, 2.05) is 0 Å². The highest BCUT2D eigenvalue weighted by Crippen LogP contribution is 2.16. The molecule has 16 heavy (non-hydrogen) atoms. The summed E-state index contributed by atoms with van der Waals surface area (Å²) < 4.78 is 36.0. The van der Waals surface area contributed by atoms with Gasteiger partial charge < -0.3 is 15.3 Å². The Bertz CT molecular complexity index is 255. The first kappa shape index (κ1) is 14.5. The lowest BCUT2D eigenvalue weighted by molar-refractivity contribution is -0.140. The van der Waals surface area contributed by atoms with Crippen molar-refractivity contribution in [2.45, 2.75) is 19.5 Å². The van der Waals surface area contributed by atoms with E-state index in [2.05, 4.69) is 5.32 Å². The number of hydrogen-bond donors (Lipinski definition) is 2. The van der Waals surface area contributed by atoms with Crippen molar-refractivity contribution in [3.8, 4) is 0 Å². The predicted molar refractivity (Wildman–Crippen MR) is 49.0 cm³/mol. The van der Waals surface area contributed by atoms with Gasteiger partial charge in [0.15, 0.2) is 0 Å². The van der Waals surface area contributed by atoms with Gasteiger partial charge in [0.25, 0.3) is 0 Å². The Labute approximate surface area is 90.2 Å². The van der Waals surface area contributed by atoms with Gasteiger partial charge in [0.2, 0.25) is 0 Å². The van der Waals surface area contributed by atoms with E-state index in [1.165, 1.54) is 6.92 Å². The summed E-state index contributed by atoms with van der Waals surface area (Å²) in [7, 11) is 0. The highest BCUT2D eigenvalue weighted by atomic mass is 19.4. The van der Waals surface area contributed by atoms with Gasteiger partial charge in [0, 0.05) is 13.1 Å². The molecule has 0 aromatic rings. The molecule has 2 amide bonds. The Morgan fingerprint density at radius 1 is 1.38 bits per heavy atom. The number of halogens is 3. The average molecular weight is 242 g/mol. The first-order valence-corrected chi connectivity index (χ1v) is 4.57. The number of carboxylic acid groups (broad SMARTS) is 1. The molecule has 0 unspecified atom stereocenters. The molecule has 0 saturated heterocycles. The van der Waals surface area contributed by atoms with E-state index in [-0.39, 0.29) is 19.5 Å². The number of aliphatic carboxylic acids is 1. The number of amides is 2. The molecule has 8 heteroatoms. The number of hydrogen-bond acceptors (Lipinski definition) is 2. The van der Waals surface area contributed by atoms with Crippen LogP contribution >= 0.6 is 0 Å². The van der Waals surface area contributed by atoms with Gasteiger partial charge in [0.1, 0.15) is 6.54 Å². The van der Waals surface area contributed by atoms with Crippen LogP contribution in [0.5, 0.6) is 0 Å². The van der Waals surface area contributed by atoms with Crippen molar-refractivity contribution in [3.63, 3.8) is 0 Å². The molecule has 0 spiro atoms. The van der Waals surface area contributed by atoms with Gasteiger partial charge in [-0.15, -0.1) is 0 Å². The van der Waals surface area contributed by atoms with Crippen molar-refractivity contribution in [1.82, 2.24) is 10.2 Å². The number of urea groups is 1. The lowest BCUT2D eigenvalue weighted by Gasteiger charge is -2.22. The lowest BCUT2D eigenvalue weighted by atomic mass is 10.4. The quantitative estimate of drug-likeness (QED) is 0.757. The van der Waals surface area contributed by atoms with E-state index in [9.17, 15) is 22.8 Å². The third-order valence-electron chi connectivity index (χ3n) is 1.65. The molecule has 0 saturated carbocycles. The number of alkyl halides is 3. The van der Waals surface area contributed by atoms with Crippen LogP contribution in [-0.2, 0) is 4.79 Å². The maximum absolute atomic E-state index is 12.0. The van der Waals surface area contributed by atoms with Crippen LogP contribution in [0, 0.1) is 0 Å². The number of nitrogens with one attached hydrogen (secondary N) is 1. The molecule has 0 bridgehead atoms. The number of carbonyl (C=O) groups is 2. The number of carboxylic acids is 1. The summed E-state index contributed by atoms with van der Waals surface area (Å²) >= 11 is 0. The van der Waals surface area contributed by atoms with Gasteiger partial charge in [-0.05, 0) is 6.92 Å². The zero-order chi connectivity index (χ0) is 12.8. The first-order chi connectivity index (χ1) is 7.26. The van der Waals surface area contributed by atoms with Crippen molar-refractivity contribution in [1.29, 1.82) is 0 Å². The molecule has 0 aromatic heterocycles. The van der Waals surface area contributed by atoms with E-state index in [1.54, 1.807) is 0 Å². The number of rotatable bonds is 5. The van der Waals surface area contributed by atoms with Crippen LogP contribution in [-0.4, -0.2) is 47.8 Å². The maximum Gasteiger partial charge on any atom is 0.406 e. The minimum absolute atomic E-state index is 0.0988. The topological polar surface area (TPSA) is 69.6 Å². The summed E-state index contributed by atoms with van der Waals surface area (Å²) in [5.74, 6) is -1.13. The zero-order valence-electron chi connectivity index (χ0n) is 8.67. The van der Waals surface area contributed by atoms with Crippen LogP contribution in [0.25, 0.3) is 0 Å². The first-order valence-electron chi connectivity index (χ1n) is 4.57. The third kappa shape index (κ3) is 6.91. The Morgan fingerprint density at radius 3 is 2.31 bits per heavy atom. The fourth-order valence-electron chi connectivity index (χ4n) is 0.932. The molecular weight excluding hydrogens is 229 g/mol. The molecule has 0 heterocycles. The lowest BCUT2D eigenvalue weighted by Crippen LogP contribution is -2.45. The molecule has 0 aliphatic carbocycles. The highest BCUT2D eigenvalue weighted by molar-refractivity contribution is 5.75. The molecule has 0 fully saturated rings. The van der Waals surface area contributed by atoms with Gasteiger partial charge in [0.05, 0.1) is 6.42 Å². The SMILES string of the molecule is CCN(CC(F)(F)F)C(=O)NCCC(=O)O. The minimum Gasteiger partial charge on any atom is -0.481 e. The molecule has 94 valence electrons. The standard InChI is InChI=1S/C8H13F3N2O3/c1-2-13(5-8(9,10)11)7(16)12-4-3-6(14)15/h2-5H2,1H3,(H,12,16)(H,14,15). The van der Waals surface area contributed by atoms with Crippen LogP contribution in [0.4, 0.5) is 18.0 Å². The molecule has 0 aliphatic heterocycles. The van der Waals surface area contributed by atoms with Crippen LogP contribution in [0.3, 0.4) is 0 Å². The number of nitrogens with zero attached hydrogens (tertiary/aromatic N) is 1. The minimum atomic E-state index is -4.46. The van der Waals surface area contributed by atoms with E-state index >= 15 is 0 Å². The molecule has 2 N–H and O–H groups in total. The summed E-state index contributed by atoms with van der Waals surface area (Å²) in [6.45, 7) is -0.230. The van der Waals surface area contributed by atoms with Crippen LogP contribution in [0.2, 0.25) is 0 Å². The van der Waals surface area contributed by atoms with Gasteiger partial charge in [-0.25, -0.2) is 4.79 Å². The monoisotopic (exact) mass is 242 g/mol. The van der Waals surface area contributed by atoms with Gasteiger partial charge >= 0.3 is 18.2 Å². The Kier molecular flexibility index (Phi) is 5.62. The summed E-state index contributed by atoms with van der Waals surface area (Å²) in [5, 5.41) is 10.4.